The number of benzene rings is 2. The second-order valence-corrected chi connectivity index (χ2v) is 5.08. The molecule has 21 heavy (non-hydrogen) atoms. The Bertz CT molecular complexity index is 644. The molecule has 2 aromatic rings. The maximum atomic E-state index is 8.89. The molecule has 2 rings (SSSR count). The van der Waals surface area contributed by atoms with Crippen molar-refractivity contribution in [2.45, 2.75) is 26.4 Å². The van der Waals surface area contributed by atoms with E-state index in [0.29, 0.717) is 18.7 Å². The van der Waals surface area contributed by atoms with E-state index in [4.69, 9.17) is 15.7 Å². The van der Waals surface area contributed by atoms with Crippen LogP contribution in [-0.2, 0) is 13.0 Å². The van der Waals surface area contributed by atoms with Gasteiger partial charge >= 0.3 is 0 Å². The van der Waals surface area contributed by atoms with E-state index in [-0.39, 0.29) is 0 Å². The van der Waals surface area contributed by atoms with E-state index in [1.807, 2.05) is 24.3 Å². The van der Waals surface area contributed by atoms with Crippen molar-refractivity contribution >= 4 is 0 Å². The van der Waals surface area contributed by atoms with Crippen LogP contribution in [0, 0.1) is 18.3 Å². The molecule has 0 aliphatic heterocycles. The van der Waals surface area contributed by atoms with Gasteiger partial charge in [0.25, 0.3) is 0 Å². The summed E-state index contributed by atoms with van der Waals surface area (Å²) in [7, 11) is 0. The lowest BCUT2D eigenvalue weighted by atomic mass is 10.0. The van der Waals surface area contributed by atoms with Gasteiger partial charge in [0, 0.05) is 0 Å². The number of nitrogens with two attached hydrogens (primary N) is 1. The molecule has 0 aliphatic carbocycles. The van der Waals surface area contributed by atoms with Crippen LogP contribution in [0.5, 0.6) is 5.75 Å². The molecule has 0 atom stereocenters. The Hall–Kier alpha value is -2.31. The minimum atomic E-state index is 0.469. The molecule has 3 nitrogen and oxygen atoms in total. The fourth-order valence-corrected chi connectivity index (χ4v) is 2.23. The van der Waals surface area contributed by atoms with Crippen molar-refractivity contribution < 1.29 is 4.74 Å². The maximum absolute atomic E-state index is 8.89. The van der Waals surface area contributed by atoms with Gasteiger partial charge in [-0.25, -0.2) is 0 Å². The lowest BCUT2D eigenvalue weighted by molar-refractivity contribution is 0.306. The molecule has 108 valence electrons. The third-order valence-corrected chi connectivity index (χ3v) is 3.43. The highest BCUT2D eigenvalue weighted by Gasteiger charge is 2.02. The Morgan fingerprint density at radius 2 is 2.05 bits per heavy atom. The normalized spacial score (nSPS) is 10.1. The molecular formula is C18H20N2O. The number of ether oxygens (including phenoxy) is 1. The first-order valence-electron chi connectivity index (χ1n) is 7.14. The van der Waals surface area contributed by atoms with Crippen LogP contribution in [0.15, 0.2) is 42.5 Å². The molecule has 0 bridgehead atoms. The molecule has 0 unspecified atom stereocenters. The van der Waals surface area contributed by atoms with Crippen LogP contribution in [0.25, 0.3) is 0 Å². The van der Waals surface area contributed by atoms with Gasteiger partial charge in [-0.3, -0.25) is 0 Å². The number of rotatable bonds is 6. The highest BCUT2D eigenvalue weighted by molar-refractivity contribution is 5.36. The summed E-state index contributed by atoms with van der Waals surface area (Å²) in [6, 6.07) is 15.8. The van der Waals surface area contributed by atoms with Crippen molar-refractivity contribution in [3.8, 4) is 11.8 Å². The molecule has 0 saturated heterocycles. The highest BCUT2D eigenvalue weighted by atomic mass is 16.5. The molecule has 0 aromatic heterocycles. The first kappa shape index (κ1) is 15.1. The fraction of sp³-hybridized carbons (Fsp3) is 0.278. The van der Waals surface area contributed by atoms with Gasteiger partial charge in [-0.05, 0) is 67.3 Å². The summed E-state index contributed by atoms with van der Waals surface area (Å²) in [6.07, 6.45) is 2.01. The topological polar surface area (TPSA) is 59.0 Å². The minimum absolute atomic E-state index is 0.469. The van der Waals surface area contributed by atoms with E-state index >= 15 is 0 Å². The van der Waals surface area contributed by atoms with Crippen molar-refractivity contribution in [3.05, 3.63) is 64.7 Å². The summed E-state index contributed by atoms with van der Waals surface area (Å²) in [5.41, 5.74) is 9.75. The average Bonchev–Trinajstić information content (AvgIpc) is 2.52. The molecule has 0 fully saturated rings. The number of nitrogens with zero attached hydrogens (tertiary/aromatic N) is 1. The Kier molecular flexibility index (Phi) is 5.36. The zero-order valence-corrected chi connectivity index (χ0v) is 12.3. The first-order valence-corrected chi connectivity index (χ1v) is 7.14. The zero-order chi connectivity index (χ0) is 15.1. The number of hydrogen-bond acceptors (Lipinski definition) is 3. The summed E-state index contributed by atoms with van der Waals surface area (Å²) in [5.74, 6) is 0.853. The number of aryl methyl sites for hydroxylation is 2. The van der Waals surface area contributed by atoms with Crippen molar-refractivity contribution in [3.63, 3.8) is 0 Å². The molecule has 0 heterocycles. The Morgan fingerprint density at radius 1 is 1.19 bits per heavy atom. The second kappa shape index (κ2) is 7.47. The molecule has 0 amide bonds. The van der Waals surface area contributed by atoms with Gasteiger partial charge < -0.3 is 10.5 Å². The third kappa shape index (κ3) is 4.34. The molecule has 3 heteroatoms. The van der Waals surface area contributed by atoms with Crippen molar-refractivity contribution in [2.75, 3.05) is 6.54 Å². The van der Waals surface area contributed by atoms with Gasteiger partial charge in [0.05, 0.1) is 11.6 Å². The predicted molar refractivity (Wildman–Crippen MR) is 84.0 cm³/mol. The van der Waals surface area contributed by atoms with Gasteiger partial charge in [-0.15, -0.1) is 0 Å². The molecule has 0 aliphatic rings. The van der Waals surface area contributed by atoms with E-state index in [2.05, 4.69) is 25.1 Å². The summed E-state index contributed by atoms with van der Waals surface area (Å²) in [6.45, 7) is 3.28. The molecule has 0 spiro atoms. The van der Waals surface area contributed by atoms with Crippen LogP contribution in [0.3, 0.4) is 0 Å². The fourth-order valence-electron chi connectivity index (χ4n) is 2.23. The van der Waals surface area contributed by atoms with Gasteiger partial charge in [-0.1, -0.05) is 18.2 Å². The van der Waals surface area contributed by atoms with Gasteiger partial charge in [0.15, 0.2) is 0 Å². The van der Waals surface area contributed by atoms with Crippen molar-refractivity contribution in [1.82, 2.24) is 0 Å². The lowest BCUT2D eigenvalue weighted by Gasteiger charge is -2.10. The van der Waals surface area contributed by atoms with E-state index in [9.17, 15) is 0 Å². The van der Waals surface area contributed by atoms with Crippen molar-refractivity contribution in [2.24, 2.45) is 5.73 Å². The predicted octanol–water partition coefficient (Wildman–Crippen LogP) is 3.34. The van der Waals surface area contributed by atoms with Crippen LogP contribution in [0.4, 0.5) is 0 Å². The second-order valence-electron chi connectivity index (χ2n) is 5.08. The monoisotopic (exact) mass is 280 g/mol. The van der Waals surface area contributed by atoms with Gasteiger partial charge in [-0.2, -0.15) is 5.26 Å². The zero-order valence-electron chi connectivity index (χ0n) is 12.3. The lowest BCUT2D eigenvalue weighted by Crippen LogP contribution is -2.02. The van der Waals surface area contributed by atoms with Crippen LogP contribution >= 0.6 is 0 Å². The highest BCUT2D eigenvalue weighted by Crippen LogP contribution is 2.19. The number of nitriles is 1. The first-order chi connectivity index (χ1) is 10.2. The van der Waals surface area contributed by atoms with Gasteiger partial charge in [0.2, 0.25) is 0 Å². The smallest absolute Gasteiger partial charge is 0.120 e. The molecular weight excluding hydrogens is 260 g/mol. The number of hydrogen-bond donors (Lipinski definition) is 1. The van der Waals surface area contributed by atoms with Crippen LogP contribution < -0.4 is 10.5 Å². The summed E-state index contributed by atoms with van der Waals surface area (Å²) in [5, 5.41) is 8.89. The largest absolute Gasteiger partial charge is 0.489 e. The Balaban J connectivity index is 2.00. The Morgan fingerprint density at radius 3 is 2.76 bits per heavy atom. The summed E-state index contributed by atoms with van der Waals surface area (Å²) < 4.78 is 5.80. The minimum Gasteiger partial charge on any atom is -0.489 e. The average molecular weight is 280 g/mol. The molecule has 2 aromatic carbocycles. The van der Waals surface area contributed by atoms with E-state index in [0.717, 1.165) is 24.2 Å². The molecule has 2 N–H and O–H groups in total. The molecule has 0 radical (unpaired) electrons. The van der Waals surface area contributed by atoms with Crippen LogP contribution in [0.1, 0.15) is 28.7 Å². The van der Waals surface area contributed by atoms with Crippen molar-refractivity contribution in [1.29, 1.82) is 5.26 Å². The Labute approximate surface area is 126 Å². The molecule has 0 saturated carbocycles. The standard InChI is InChI=1S/C18H20N2O/c1-14-10-18(8-7-17(14)6-3-9-19)21-13-16-5-2-4-15(11-16)12-20/h2,4-5,7-8,10-11H,3,6,9,13,19H2,1H3. The summed E-state index contributed by atoms with van der Waals surface area (Å²) >= 11 is 0. The third-order valence-electron chi connectivity index (χ3n) is 3.43. The van der Waals surface area contributed by atoms with E-state index in [1.54, 1.807) is 6.07 Å². The van der Waals surface area contributed by atoms with Gasteiger partial charge in [0.1, 0.15) is 12.4 Å². The van der Waals surface area contributed by atoms with E-state index < -0.39 is 0 Å². The maximum Gasteiger partial charge on any atom is 0.120 e. The summed E-state index contributed by atoms with van der Waals surface area (Å²) in [4.78, 5) is 0. The quantitative estimate of drug-likeness (QED) is 0.883. The van der Waals surface area contributed by atoms with Crippen LogP contribution in [0.2, 0.25) is 0 Å². The SMILES string of the molecule is Cc1cc(OCc2cccc(C#N)c2)ccc1CCCN. The van der Waals surface area contributed by atoms with Crippen LogP contribution in [-0.4, -0.2) is 6.54 Å². The van der Waals surface area contributed by atoms with E-state index in [1.165, 1.54) is 11.1 Å².